The summed E-state index contributed by atoms with van der Waals surface area (Å²) >= 11 is 0. The Kier molecular flexibility index (Phi) is 12.0. The Balaban J connectivity index is 0.00000363. The summed E-state index contributed by atoms with van der Waals surface area (Å²) in [6, 6.07) is 5.77. The van der Waals surface area contributed by atoms with Crippen molar-refractivity contribution < 1.29 is 14.2 Å². The minimum Gasteiger partial charge on any atom is -0.393 e. The number of aliphatic hydroxyl groups is 1. The predicted molar refractivity (Wildman–Crippen MR) is 139 cm³/mol. The van der Waals surface area contributed by atoms with Crippen molar-refractivity contribution in [3.05, 3.63) is 29.6 Å². The van der Waals surface area contributed by atoms with Gasteiger partial charge in [-0.2, -0.15) is 0 Å². The number of anilines is 1. The number of nitrogens with zero attached hydrogens (tertiary/aromatic N) is 3. The highest BCUT2D eigenvalue weighted by molar-refractivity contribution is 14.0. The number of guanidine groups is 1. The summed E-state index contributed by atoms with van der Waals surface area (Å²) in [6.45, 7) is 8.51. The van der Waals surface area contributed by atoms with Crippen LogP contribution < -0.4 is 15.5 Å². The Labute approximate surface area is 208 Å². The fraction of sp³-hybridized carbons (Fsp3) is 0.696. The number of nitrogens with one attached hydrogen (secondary N) is 2. The zero-order valence-corrected chi connectivity index (χ0v) is 21.7. The Morgan fingerprint density at radius 3 is 2.53 bits per heavy atom. The first kappa shape index (κ1) is 27.1. The van der Waals surface area contributed by atoms with Crippen molar-refractivity contribution in [1.29, 1.82) is 0 Å². The molecule has 0 atom stereocenters. The van der Waals surface area contributed by atoms with Crippen LogP contribution in [0.25, 0.3) is 0 Å². The van der Waals surface area contributed by atoms with Crippen molar-refractivity contribution in [3.63, 3.8) is 0 Å². The molecular formula is C23H39FIN5O2. The smallest absolute Gasteiger partial charge is 0.191 e. The van der Waals surface area contributed by atoms with Gasteiger partial charge in [0.1, 0.15) is 5.82 Å². The second kappa shape index (κ2) is 14.2. The Bertz CT molecular complexity index is 708. The molecule has 0 aliphatic carbocycles. The first-order valence-electron chi connectivity index (χ1n) is 11.6. The lowest BCUT2D eigenvalue weighted by Crippen LogP contribution is -2.49. The van der Waals surface area contributed by atoms with Crippen molar-refractivity contribution in [2.24, 2.45) is 4.99 Å². The maximum Gasteiger partial charge on any atom is 0.191 e. The van der Waals surface area contributed by atoms with Gasteiger partial charge in [-0.1, -0.05) is 6.07 Å². The SMILES string of the molecule is CCNC(=NCc1ccc(N2CCC(O)CC2)c(F)c1)NC1CCN(CCOC)CC1.I. The van der Waals surface area contributed by atoms with Gasteiger partial charge in [-0.25, -0.2) is 9.38 Å². The van der Waals surface area contributed by atoms with Crippen LogP contribution in [0.2, 0.25) is 0 Å². The van der Waals surface area contributed by atoms with E-state index in [0.29, 0.717) is 44.2 Å². The Hall–Kier alpha value is -1.17. The van der Waals surface area contributed by atoms with Crippen molar-refractivity contribution >= 4 is 35.6 Å². The highest BCUT2D eigenvalue weighted by Crippen LogP contribution is 2.24. The maximum absolute atomic E-state index is 14.7. The summed E-state index contributed by atoms with van der Waals surface area (Å²) < 4.78 is 19.9. The normalized spacial score (nSPS) is 19.0. The van der Waals surface area contributed by atoms with E-state index in [4.69, 9.17) is 4.74 Å². The Morgan fingerprint density at radius 1 is 1.19 bits per heavy atom. The molecule has 0 unspecified atom stereocenters. The van der Waals surface area contributed by atoms with Crippen LogP contribution in [-0.2, 0) is 11.3 Å². The molecule has 0 spiro atoms. The molecule has 0 amide bonds. The average Bonchev–Trinajstić information content (AvgIpc) is 2.78. The monoisotopic (exact) mass is 563 g/mol. The van der Waals surface area contributed by atoms with Gasteiger partial charge in [0, 0.05) is 52.4 Å². The van der Waals surface area contributed by atoms with Crippen molar-refractivity contribution in [2.75, 3.05) is 57.9 Å². The molecule has 7 nitrogen and oxygen atoms in total. The number of piperidine rings is 2. The molecule has 2 heterocycles. The third kappa shape index (κ3) is 8.31. The predicted octanol–water partition coefficient (Wildman–Crippen LogP) is 2.57. The minimum atomic E-state index is -0.262. The summed E-state index contributed by atoms with van der Waals surface area (Å²) in [6.07, 6.45) is 3.26. The van der Waals surface area contributed by atoms with Crippen molar-refractivity contribution in [1.82, 2.24) is 15.5 Å². The van der Waals surface area contributed by atoms with Gasteiger partial charge in [0.15, 0.2) is 5.96 Å². The van der Waals surface area contributed by atoms with Gasteiger partial charge in [-0.15, -0.1) is 24.0 Å². The van der Waals surface area contributed by atoms with Crippen molar-refractivity contribution in [3.8, 4) is 0 Å². The molecule has 0 aromatic heterocycles. The molecular weight excluding hydrogens is 524 g/mol. The maximum atomic E-state index is 14.7. The molecule has 0 bridgehead atoms. The lowest BCUT2D eigenvalue weighted by atomic mass is 10.1. The van der Waals surface area contributed by atoms with Crippen LogP contribution in [0, 0.1) is 5.82 Å². The van der Waals surface area contributed by atoms with Crippen LogP contribution in [0.5, 0.6) is 0 Å². The zero-order chi connectivity index (χ0) is 22.1. The zero-order valence-electron chi connectivity index (χ0n) is 19.4. The average molecular weight is 564 g/mol. The van der Waals surface area contributed by atoms with Gasteiger partial charge in [-0.05, 0) is 50.3 Å². The molecule has 1 aromatic rings. The van der Waals surface area contributed by atoms with Crippen LogP contribution in [0.3, 0.4) is 0 Å². The van der Waals surface area contributed by atoms with Crippen LogP contribution in [0.4, 0.5) is 10.1 Å². The number of ether oxygens (including phenoxy) is 1. The number of rotatable bonds is 8. The molecule has 9 heteroatoms. The van der Waals surface area contributed by atoms with E-state index in [1.807, 2.05) is 17.0 Å². The molecule has 182 valence electrons. The number of likely N-dealkylation sites (tertiary alicyclic amines) is 1. The largest absolute Gasteiger partial charge is 0.393 e. The Morgan fingerprint density at radius 2 is 1.91 bits per heavy atom. The first-order chi connectivity index (χ1) is 15.1. The lowest BCUT2D eigenvalue weighted by Gasteiger charge is -2.32. The van der Waals surface area contributed by atoms with Gasteiger partial charge >= 0.3 is 0 Å². The summed E-state index contributed by atoms with van der Waals surface area (Å²) in [7, 11) is 1.74. The van der Waals surface area contributed by atoms with Gasteiger partial charge in [-0.3, -0.25) is 0 Å². The van der Waals surface area contributed by atoms with E-state index >= 15 is 0 Å². The summed E-state index contributed by atoms with van der Waals surface area (Å²) in [5.41, 5.74) is 1.47. The number of aliphatic hydroxyl groups excluding tert-OH is 1. The number of benzene rings is 1. The minimum absolute atomic E-state index is 0. The van der Waals surface area contributed by atoms with Gasteiger partial charge < -0.3 is 30.3 Å². The molecule has 2 aliphatic heterocycles. The lowest BCUT2D eigenvalue weighted by molar-refractivity contribution is 0.128. The molecule has 3 N–H and O–H groups in total. The van der Waals surface area contributed by atoms with E-state index in [9.17, 15) is 9.50 Å². The third-order valence-corrected chi connectivity index (χ3v) is 6.12. The number of hydrogen-bond acceptors (Lipinski definition) is 5. The fourth-order valence-electron chi connectivity index (χ4n) is 4.22. The molecule has 32 heavy (non-hydrogen) atoms. The molecule has 0 radical (unpaired) electrons. The molecule has 0 saturated carbocycles. The fourth-order valence-corrected chi connectivity index (χ4v) is 4.22. The molecule has 2 fully saturated rings. The molecule has 1 aromatic carbocycles. The third-order valence-electron chi connectivity index (χ3n) is 6.12. The van der Waals surface area contributed by atoms with E-state index in [1.54, 1.807) is 13.2 Å². The van der Waals surface area contributed by atoms with Gasteiger partial charge in [0.25, 0.3) is 0 Å². The van der Waals surface area contributed by atoms with E-state index < -0.39 is 0 Å². The molecule has 2 saturated heterocycles. The highest BCUT2D eigenvalue weighted by atomic mass is 127. The first-order valence-corrected chi connectivity index (χ1v) is 11.6. The van der Waals surface area contributed by atoms with Crippen molar-refractivity contribution in [2.45, 2.75) is 51.3 Å². The number of halogens is 2. The second-order valence-corrected chi connectivity index (χ2v) is 8.45. The topological polar surface area (TPSA) is 72.4 Å². The number of aliphatic imine (C=N–C) groups is 1. The van der Waals surface area contributed by atoms with E-state index in [1.165, 1.54) is 0 Å². The number of hydrogen-bond donors (Lipinski definition) is 3. The van der Waals surface area contributed by atoms with Gasteiger partial charge in [0.05, 0.1) is 24.9 Å². The molecule has 2 aliphatic rings. The molecule has 3 rings (SSSR count). The highest BCUT2D eigenvalue weighted by Gasteiger charge is 2.21. The second-order valence-electron chi connectivity index (χ2n) is 8.45. The quantitative estimate of drug-likeness (QED) is 0.257. The van der Waals surface area contributed by atoms with Crippen LogP contribution in [-0.4, -0.2) is 81.1 Å². The van der Waals surface area contributed by atoms with Crippen LogP contribution >= 0.6 is 24.0 Å². The summed E-state index contributed by atoms with van der Waals surface area (Å²) in [5.74, 6) is 0.567. The summed E-state index contributed by atoms with van der Waals surface area (Å²) in [5, 5.41) is 16.5. The van der Waals surface area contributed by atoms with E-state index in [-0.39, 0.29) is 35.9 Å². The van der Waals surface area contributed by atoms with E-state index in [0.717, 1.165) is 57.2 Å². The van der Waals surface area contributed by atoms with Crippen LogP contribution in [0.15, 0.2) is 23.2 Å². The summed E-state index contributed by atoms with van der Waals surface area (Å²) in [4.78, 5) is 9.13. The standard InChI is InChI=1S/C23H38FN5O2.HI/c1-3-25-23(27-19-6-10-28(11-7-19)14-15-31-2)26-17-18-4-5-22(21(24)16-18)29-12-8-20(30)9-13-29;/h4-5,16,19-20,30H,3,6-15,17H2,1-2H3,(H2,25,26,27);1H. The van der Waals surface area contributed by atoms with Crippen LogP contribution in [0.1, 0.15) is 38.2 Å². The van der Waals surface area contributed by atoms with E-state index in [2.05, 4.69) is 27.4 Å². The van der Waals surface area contributed by atoms with Gasteiger partial charge in [0.2, 0.25) is 0 Å². The number of methoxy groups -OCH3 is 1.